The fourth-order valence-electron chi connectivity index (χ4n) is 3.65. The highest BCUT2D eigenvalue weighted by Gasteiger charge is 2.24. The number of hydrogen-bond donors (Lipinski definition) is 0. The van der Waals surface area contributed by atoms with Crippen LogP contribution in [0.2, 0.25) is 0 Å². The first-order chi connectivity index (χ1) is 16.8. The zero-order valence-corrected chi connectivity index (χ0v) is 19.1. The summed E-state index contributed by atoms with van der Waals surface area (Å²) >= 11 is 0. The van der Waals surface area contributed by atoms with Crippen LogP contribution in [-0.4, -0.2) is 38.5 Å². The second-order valence-corrected chi connectivity index (χ2v) is 7.60. The van der Waals surface area contributed by atoms with Crippen LogP contribution in [0.15, 0.2) is 95.6 Å². The molecule has 3 aromatic carbocycles. The van der Waals surface area contributed by atoms with Crippen LogP contribution >= 0.6 is 0 Å². The van der Waals surface area contributed by atoms with Gasteiger partial charge in [0, 0.05) is 5.39 Å². The molecule has 0 bridgehead atoms. The van der Waals surface area contributed by atoms with Gasteiger partial charge in [-0.15, -0.1) is 0 Å². The normalized spacial score (nSPS) is 12.1. The molecule has 0 fully saturated rings. The van der Waals surface area contributed by atoms with E-state index < -0.39 is 12.1 Å². The minimum Gasteiger partial charge on any atom is -0.472 e. The Balaban J connectivity index is 1.35. The Labute approximate surface area is 199 Å². The van der Waals surface area contributed by atoms with E-state index in [4.69, 9.17) is 23.4 Å². The second kappa shape index (κ2) is 12.0. The molecule has 6 heteroatoms. The molecule has 0 spiro atoms. The Bertz CT molecular complexity index is 1120. The Kier molecular flexibility index (Phi) is 8.32. The van der Waals surface area contributed by atoms with Crippen molar-refractivity contribution in [2.45, 2.75) is 19.1 Å². The third-order valence-electron chi connectivity index (χ3n) is 5.25. The van der Waals surface area contributed by atoms with Gasteiger partial charge in [0.1, 0.15) is 6.10 Å². The minimum atomic E-state index is -0.922. The number of carbonyl (C=O) groups is 1. The van der Waals surface area contributed by atoms with Crippen molar-refractivity contribution < 1.29 is 28.2 Å². The lowest BCUT2D eigenvalue weighted by Gasteiger charge is -2.20. The molecule has 0 aliphatic carbocycles. The van der Waals surface area contributed by atoms with Crippen LogP contribution < -0.4 is 4.74 Å². The fourth-order valence-corrected chi connectivity index (χ4v) is 3.65. The van der Waals surface area contributed by atoms with Crippen LogP contribution in [0.3, 0.4) is 0 Å². The van der Waals surface area contributed by atoms with Crippen molar-refractivity contribution in [1.29, 1.82) is 0 Å². The van der Waals surface area contributed by atoms with Crippen molar-refractivity contribution in [1.82, 2.24) is 0 Å². The lowest BCUT2D eigenvalue weighted by atomic mass is 10.0. The van der Waals surface area contributed by atoms with Gasteiger partial charge >= 0.3 is 5.97 Å². The summed E-state index contributed by atoms with van der Waals surface area (Å²) in [5, 5.41) is 0.891. The molecule has 0 aliphatic heterocycles. The molecule has 0 radical (unpaired) electrons. The Morgan fingerprint density at radius 1 is 0.853 bits per heavy atom. The number of carbonyl (C=O) groups excluding carboxylic acids is 1. The van der Waals surface area contributed by atoms with Gasteiger partial charge in [-0.25, -0.2) is 4.79 Å². The van der Waals surface area contributed by atoms with Gasteiger partial charge in [-0.3, -0.25) is 0 Å². The summed E-state index contributed by atoms with van der Waals surface area (Å²) in [5.74, 6) is -0.0213. The number of rotatable bonds is 12. The molecular weight excluding hydrogens is 432 g/mol. The number of furan rings is 1. The number of para-hydroxylation sites is 1. The van der Waals surface area contributed by atoms with Gasteiger partial charge in [-0.2, -0.15) is 0 Å². The second-order valence-electron chi connectivity index (χ2n) is 7.60. The van der Waals surface area contributed by atoms with Gasteiger partial charge in [0.15, 0.2) is 11.3 Å². The maximum atomic E-state index is 12.5. The zero-order chi connectivity index (χ0) is 23.6. The van der Waals surface area contributed by atoms with Gasteiger partial charge in [0.2, 0.25) is 6.10 Å². The Hall–Kier alpha value is -3.61. The molecule has 1 atom stereocenters. The molecule has 0 saturated heterocycles. The fraction of sp³-hybridized carbons (Fsp3) is 0.250. The van der Waals surface area contributed by atoms with Crippen molar-refractivity contribution in [3.05, 3.63) is 102 Å². The first-order valence-electron chi connectivity index (χ1n) is 11.3. The monoisotopic (exact) mass is 460 g/mol. The first kappa shape index (κ1) is 23.5. The first-order valence-corrected chi connectivity index (χ1v) is 11.3. The topological polar surface area (TPSA) is 67.1 Å². The molecule has 4 rings (SSSR count). The summed E-state index contributed by atoms with van der Waals surface area (Å²) in [6.07, 6.45) is 0.454. The molecule has 0 N–H and O–H groups in total. The van der Waals surface area contributed by atoms with Gasteiger partial charge in [0.05, 0.1) is 32.7 Å². The predicted molar refractivity (Wildman–Crippen MR) is 129 cm³/mol. The maximum Gasteiger partial charge on any atom is 0.349 e. The third kappa shape index (κ3) is 6.04. The Morgan fingerprint density at radius 3 is 2.24 bits per heavy atom. The van der Waals surface area contributed by atoms with Gasteiger partial charge in [-0.1, -0.05) is 72.8 Å². The average molecular weight is 461 g/mol. The maximum absolute atomic E-state index is 12.5. The number of esters is 1. The van der Waals surface area contributed by atoms with Crippen molar-refractivity contribution in [2.24, 2.45) is 0 Å². The summed E-state index contributed by atoms with van der Waals surface area (Å²) in [6, 6.07) is 27.4. The van der Waals surface area contributed by atoms with E-state index >= 15 is 0 Å². The van der Waals surface area contributed by atoms with E-state index in [1.807, 2.05) is 78.9 Å². The largest absolute Gasteiger partial charge is 0.472 e. The number of ether oxygens (including phenoxy) is 4. The van der Waals surface area contributed by atoms with E-state index in [-0.39, 0.29) is 19.3 Å². The summed E-state index contributed by atoms with van der Waals surface area (Å²) in [6.45, 7) is 2.67. The minimum absolute atomic E-state index is 0.0284. The van der Waals surface area contributed by atoms with Crippen molar-refractivity contribution in [3.8, 4) is 5.75 Å². The Morgan fingerprint density at radius 2 is 1.56 bits per heavy atom. The summed E-state index contributed by atoms with van der Waals surface area (Å²) in [5.41, 5.74) is 2.70. The molecule has 176 valence electrons. The van der Waals surface area contributed by atoms with Crippen LogP contribution in [0.5, 0.6) is 5.75 Å². The van der Waals surface area contributed by atoms with Crippen LogP contribution in [0.4, 0.5) is 0 Å². The lowest BCUT2D eigenvalue weighted by molar-refractivity contribution is -0.154. The zero-order valence-electron chi connectivity index (χ0n) is 19.1. The van der Waals surface area contributed by atoms with Crippen LogP contribution in [0.25, 0.3) is 11.0 Å². The lowest BCUT2D eigenvalue weighted by Crippen LogP contribution is -2.34. The number of benzene rings is 3. The highest BCUT2D eigenvalue weighted by molar-refractivity contribution is 5.83. The molecule has 1 aromatic heterocycles. The molecule has 1 heterocycles. The molecule has 4 aromatic rings. The quantitative estimate of drug-likeness (QED) is 0.204. The smallest absolute Gasteiger partial charge is 0.349 e. The summed E-state index contributed by atoms with van der Waals surface area (Å²) < 4.78 is 28.6. The third-order valence-corrected chi connectivity index (χ3v) is 5.25. The van der Waals surface area contributed by atoms with E-state index in [9.17, 15) is 4.79 Å². The molecule has 0 saturated carbocycles. The van der Waals surface area contributed by atoms with Crippen LogP contribution in [0, 0.1) is 0 Å². The predicted octanol–water partition coefficient (Wildman–Crippen LogP) is 5.57. The molecular formula is C28H28O6. The van der Waals surface area contributed by atoms with Crippen molar-refractivity contribution in [2.75, 3.05) is 26.4 Å². The highest BCUT2D eigenvalue weighted by atomic mass is 16.6. The molecule has 34 heavy (non-hydrogen) atoms. The van der Waals surface area contributed by atoms with E-state index in [0.717, 1.165) is 16.5 Å². The summed E-state index contributed by atoms with van der Waals surface area (Å²) in [7, 11) is 0. The van der Waals surface area contributed by atoms with Crippen LogP contribution in [-0.2, 0) is 19.0 Å². The number of hydrogen-bond acceptors (Lipinski definition) is 6. The molecule has 1 unspecified atom stereocenters. The van der Waals surface area contributed by atoms with Gasteiger partial charge < -0.3 is 23.4 Å². The highest BCUT2D eigenvalue weighted by Crippen LogP contribution is 2.28. The van der Waals surface area contributed by atoms with E-state index in [1.54, 1.807) is 19.3 Å². The van der Waals surface area contributed by atoms with E-state index in [2.05, 4.69) is 0 Å². The number of fused-ring (bicyclic) bond motifs is 1. The van der Waals surface area contributed by atoms with Gasteiger partial charge in [-0.05, 0) is 30.2 Å². The molecule has 0 amide bonds. The molecule has 0 aliphatic rings. The average Bonchev–Trinajstić information content (AvgIpc) is 3.36. The van der Waals surface area contributed by atoms with Gasteiger partial charge in [0.25, 0.3) is 0 Å². The van der Waals surface area contributed by atoms with E-state index in [1.165, 1.54) is 0 Å². The SMILES string of the molecule is CCOC(=O)C(COCCOC(c1ccccc1)c1ccccc1)Oc1cccc2ccoc12. The summed E-state index contributed by atoms with van der Waals surface area (Å²) in [4.78, 5) is 12.5. The van der Waals surface area contributed by atoms with Crippen molar-refractivity contribution in [3.63, 3.8) is 0 Å². The van der Waals surface area contributed by atoms with Crippen LogP contribution in [0.1, 0.15) is 24.2 Å². The molecule has 6 nitrogen and oxygen atoms in total. The standard InChI is InChI=1S/C28H28O6/c1-2-31-28(29)25(34-24-15-9-14-23-16-17-32-27(23)24)20-30-18-19-33-26(21-10-5-3-6-11-21)22-12-7-4-8-13-22/h3-17,25-26H,2,18-20H2,1H3. The van der Waals surface area contributed by atoms with E-state index in [0.29, 0.717) is 24.5 Å². The van der Waals surface area contributed by atoms with Crippen molar-refractivity contribution >= 4 is 16.9 Å².